The third-order valence-corrected chi connectivity index (χ3v) is 3.07. The van der Waals surface area contributed by atoms with Crippen LogP contribution < -0.4 is 10.6 Å². The van der Waals surface area contributed by atoms with E-state index in [0.29, 0.717) is 24.4 Å². The molecule has 106 valence electrons. The van der Waals surface area contributed by atoms with Crippen molar-refractivity contribution in [3.05, 3.63) is 12.4 Å². The van der Waals surface area contributed by atoms with E-state index in [0.717, 1.165) is 0 Å². The predicted octanol–water partition coefficient (Wildman–Crippen LogP) is 1.23. The molecule has 0 saturated carbocycles. The number of aryl methyl sites for hydroxylation is 1. The summed E-state index contributed by atoms with van der Waals surface area (Å²) in [5.41, 5.74) is 0.536. The Balaban J connectivity index is 2.49. The number of nitrogens with zero attached hydrogens (tertiary/aromatic N) is 2. The summed E-state index contributed by atoms with van der Waals surface area (Å²) in [6, 6.07) is -1.42. The number of thioether (sulfide) groups is 1. The minimum Gasteiger partial charge on any atom is -0.480 e. The van der Waals surface area contributed by atoms with Crippen LogP contribution in [0.2, 0.25) is 0 Å². The predicted molar refractivity (Wildman–Crippen MR) is 74.5 cm³/mol. The van der Waals surface area contributed by atoms with E-state index < -0.39 is 18.0 Å². The molecule has 0 radical (unpaired) electrons. The normalized spacial score (nSPS) is 11.9. The molecule has 19 heavy (non-hydrogen) atoms. The highest BCUT2D eigenvalue weighted by Crippen LogP contribution is 2.05. The molecule has 0 aliphatic rings. The molecule has 0 aromatic carbocycles. The van der Waals surface area contributed by atoms with Crippen LogP contribution in [-0.2, 0) is 11.3 Å². The molecule has 2 amide bonds. The SMILES string of the molecule is CCn1cc(NC(=O)N[C@H](CCSC)C(=O)O)cn1. The maximum atomic E-state index is 11.7. The fourth-order valence-corrected chi connectivity index (χ4v) is 1.89. The van der Waals surface area contributed by atoms with Crippen LogP contribution in [0.25, 0.3) is 0 Å². The van der Waals surface area contributed by atoms with Crippen LogP contribution in [0.5, 0.6) is 0 Å². The van der Waals surface area contributed by atoms with E-state index in [4.69, 9.17) is 5.11 Å². The molecule has 3 N–H and O–H groups in total. The van der Waals surface area contributed by atoms with Gasteiger partial charge in [0.25, 0.3) is 0 Å². The third-order valence-electron chi connectivity index (χ3n) is 2.43. The molecule has 1 atom stereocenters. The number of amides is 2. The van der Waals surface area contributed by atoms with Crippen LogP contribution >= 0.6 is 11.8 Å². The van der Waals surface area contributed by atoms with Crippen molar-refractivity contribution in [1.29, 1.82) is 0 Å². The Morgan fingerprint density at radius 3 is 2.84 bits per heavy atom. The zero-order chi connectivity index (χ0) is 14.3. The molecule has 0 unspecified atom stereocenters. The Morgan fingerprint density at radius 1 is 1.58 bits per heavy atom. The number of carbonyl (C=O) groups is 2. The lowest BCUT2D eigenvalue weighted by Gasteiger charge is -2.13. The van der Waals surface area contributed by atoms with E-state index in [1.54, 1.807) is 10.9 Å². The molecule has 1 aromatic rings. The average molecular weight is 286 g/mol. The summed E-state index contributed by atoms with van der Waals surface area (Å²) in [5, 5.41) is 18.0. The van der Waals surface area contributed by atoms with Gasteiger partial charge in [-0.25, -0.2) is 9.59 Å². The van der Waals surface area contributed by atoms with E-state index in [9.17, 15) is 9.59 Å². The van der Waals surface area contributed by atoms with E-state index in [1.165, 1.54) is 18.0 Å². The summed E-state index contributed by atoms with van der Waals surface area (Å²) >= 11 is 1.54. The molecular formula is C11H18N4O3S. The molecule has 0 aliphatic heterocycles. The highest BCUT2D eigenvalue weighted by molar-refractivity contribution is 7.98. The van der Waals surface area contributed by atoms with Crippen LogP contribution in [0.15, 0.2) is 12.4 Å². The number of urea groups is 1. The zero-order valence-corrected chi connectivity index (χ0v) is 11.7. The van der Waals surface area contributed by atoms with Gasteiger partial charge in [0.1, 0.15) is 6.04 Å². The van der Waals surface area contributed by atoms with Crippen LogP contribution in [0.1, 0.15) is 13.3 Å². The maximum absolute atomic E-state index is 11.7. The molecule has 1 heterocycles. The van der Waals surface area contributed by atoms with Crippen molar-refractivity contribution in [3.63, 3.8) is 0 Å². The second-order valence-electron chi connectivity index (χ2n) is 3.86. The van der Waals surface area contributed by atoms with Crippen LogP contribution in [0, 0.1) is 0 Å². The summed E-state index contributed by atoms with van der Waals surface area (Å²) in [6.07, 6.45) is 5.47. The van der Waals surface area contributed by atoms with Gasteiger partial charge in [-0.15, -0.1) is 0 Å². The summed E-state index contributed by atoms with van der Waals surface area (Å²) in [7, 11) is 0. The van der Waals surface area contributed by atoms with Crippen molar-refractivity contribution < 1.29 is 14.7 Å². The first kappa shape index (κ1) is 15.4. The van der Waals surface area contributed by atoms with Gasteiger partial charge in [-0.3, -0.25) is 4.68 Å². The molecule has 0 aliphatic carbocycles. The second kappa shape index (κ2) is 7.67. The highest BCUT2D eigenvalue weighted by Gasteiger charge is 2.19. The molecule has 1 aromatic heterocycles. The lowest BCUT2D eigenvalue weighted by Crippen LogP contribution is -2.43. The summed E-state index contributed by atoms with van der Waals surface area (Å²) in [4.78, 5) is 22.6. The van der Waals surface area contributed by atoms with Crippen molar-refractivity contribution in [1.82, 2.24) is 15.1 Å². The van der Waals surface area contributed by atoms with Crippen LogP contribution in [-0.4, -0.2) is 44.9 Å². The quantitative estimate of drug-likeness (QED) is 0.700. The van der Waals surface area contributed by atoms with Crippen LogP contribution in [0.3, 0.4) is 0 Å². The number of hydrogen-bond acceptors (Lipinski definition) is 4. The Hall–Kier alpha value is -1.70. The Morgan fingerprint density at radius 2 is 2.32 bits per heavy atom. The summed E-state index contributed by atoms with van der Waals surface area (Å²) < 4.78 is 1.66. The lowest BCUT2D eigenvalue weighted by atomic mass is 10.2. The number of hydrogen-bond donors (Lipinski definition) is 3. The number of carbonyl (C=O) groups excluding carboxylic acids is 1. The molecule has 0 fully saturated rings. The van der Waals surface area contributed by atoms with Gasteiger partial charge in [-0.2, -0.15) is 16.9 Å². The standard InChI is InChI=1S/C11H18N4O3S/c1-3-15-7-8(6-12-15)13-11(18)14-9(10(16)17)4-5-19-2/h6-7,9H,3-5H2,1-2H3,(H,16,17)(H2,13,14,18)/t9-/m1/s1. The van der Waals surface area contributed by atoms with E-state index >= 15 is 0 Å². The van der Waals surface area contributed by atoms with Gasteiger partial charge >= 0.3 is 12.0 Å². The molecule has 0 bridgehead atoms. The second-order valence-corrected chi connectivity index (χ2v) is 4.84. The molecule has 0 saturated heterocycles. The molecule has 0 spiro atoms. The Labute approximate surface area is 115 Å². The monoisotopic (exact) mass is 286 g/mol. The number of aromatic nitrogens is 2. The van der Waals surface area contributed by atoms with Crippen LogP contribution in [0.4, 0.5) is 10.5 Å². The maximum Gasteiger partial charge on any atom is 0.326 e. The fraction of sp³-hybridized carbons (Fsp3) is 0.545. The minimum absolute atomic E-state index is 0.387. The average Bonchev–Trinajstić information content (AvgIpc) is 2.81. The first-order valence-electron chi connectivity index (χ1n) is 5.88. The van der Waals surface area contributed by atoms with Gasteiger partial charge in [-0.05, 0) is 25.4 Å². The summed E-state index contributed by atoms with van der Waals surface area (Å²) in [6.45, 7) is 2.63. The first-order chi connectivity index (χ1) is 9.06. The van der Waals surface area contributed by atoms with Crippen molar-refractivity contribution >= 4 is 29.4 Å². The third kappa shape index (κ3) is 5.21. The van der Waals surface area contributed by atoms with Gasteiger partial charge in [0.2, 0.25) is 0 Å². The largest absolute Gasteiger partial charge is 0.480 e. The number of rotatable bonds is 7. The van der Waals surface area contributed by atoms with E-state index in [-0.39, 0.29) is 0 Å². The van der Waals surface area contributed by atoms with E-state index in [1.807, 2.05) is 13.2 Å². The van der Waals surface area contributed by atoms with Gasteiger partial charge in [-0.1, -0.05) is 0 Å². The molecule has 1 rings (SSSR count). The van der Waals surface area contributed by atoms with Gasteiger partial charge < -0.3 is 15.7 Å². The van der Waals surface area contributed by atoms with E-state index in [2.05, 4.69) is 15.7 Å². The van der Waals surface area contributed by atoms with Crippen molar-refractivity contribution in [2.24, 2.45) is 0 Å². The minimum atomic E-state index is -1.03. The van der Waals surface area contributed by atoms with Crippen molar-refractivity contribution in [3.8, 4) is 0 Å². The van der Waals surface area contributed by atoms with Gasteiger partial charge in [0.15, 0.2) is 0 Å². The number of nitrogens with one attached hydrogen (secondary N) is 2. The topological polar surface area (TPSA) is 96.2 Å². The Bertz CT molecular complexity index is 435. The fourth-order valence-electron chi connectivity index (χ4n) is 1.42. The number of aliphatic carboxylic acids is 1. The van der Waals surface area contributed by atoms with Crippen molar-refractivity contribution in [2.75, 3.05) is 17.3 Å². The van der Waals surface area contributed by atoms with Gasteiger partial charge in [0.05, 0.1) is 11.9 Å². The summed E-state index contributed by atoms with van der Waals surface area (Å²) in [5.74, 6) is -0.362. The molecular weight excluding hydrogens is 268 g/mol. The number of carboxylic acid groups (broad SMARTS) is 1. The number of carboxylic acids is 1. The zero-order valence-electron chi connectivity index (χ0n) is 10.9. The molecule has 7 nitrogen and oxygen atoms in total. The Kier molecular flexibility index (Phi) is 6.20. The van der Waals surface area contributed by atoms with Gasteiger partial charge in [0, 0.05) is 12.7 Å². The highest BCUT2D eigenvalue weighted by atomic mass is 32.2. The molecule has 8 heteroatoms. The number of anilines is 1. The smallest absolute Gasteiger partial charge is 0.326 e. The lowest BCUT2D eigenvalue weighted by molar-refractivity contribution is -0.139. The van der Waals surface area contributed by atoms with Crippen molar-refractivity contribution in [2.45, 2.75) is 25.9 Å². The first-order valence-corrected chi connectivity index (χ1v) is 7.28.